The number of aromatic nitrogens is 2. The van der Waals surface area contributed by atoms with E-state index in [0.717, 1.165) is 0 Å². The molecule has 0 spiro atoms. The largest absolute Gasteiger partial charge is 0.484 e. The summed E-state index contributed by atoms with van der Waals surface area (Å²) < 4.78 is 6.83. The maximum Gasteiger partial charge on any atom is 0.263 e. The fourth-order valence-corrected chi connectivity index (χ4v) is 1.89. The summed E-state index contributed by atoms with van der Waals surface area (Å²) in [7, 11) is 1.68. The smallest absolute Gasteiger partial charge is 0.263 e. The molecular formula is C13H13ClN4O2S. The van der Waals surface area contributed by atoms with E-state index in [9.17, 15) is 4.79 Å². The molecule has 0 aliphatic carbocycles. The van der Waals surface area contributed by atoms with Gasteiger partial charge in [-0.3, -0.25) is 9.48 Å². The van der Waals surface area contributed by atoms with Gasteiger partial charge in [0.2, 0.25) is 0 Å². The van der Waals surface area contributed by atoms with Gasteiger partial charge < -0.3 is 15.8 Å². The van der Waals surface area contributed by atoms with Crippen molar-refractivity contribution in [2.45, 2.75) is 0 Å². The standard InChI is InChI=1S/C13H13ClN4O2S/c1-18-13(10(6-16-18)12(15)21)17-11(19)7-20-9-4-2-8(14)3-5-9/h2-6H,7H2,1H3,(H2,15,21)(H,17,19). The Kier molecular flexibility index (Phi) is 4.77. The average Bonchev–Trinajstić information content (AvgIpc) is 2.80. The van der Waals surface area contributed by atoms with Crippen molar-refractivity contribution < 1.29 is 9.53 Å². The minimum absolute atomic E-state index is 0.149. The van der Waals surface area contributed by atoms with Gasteiger partial charge in [-0.05, 0) is 24.3 Å². The Morgan fingerprint density at radius 2 is 2.14 bits per heavy atom. The van der Waals surface area contributed by atoms with Crippen LogP contribution >= 0.6 is 23.8 Å². The van der Waals surface area contributed by atoms with Crippen molar-refractivity contribution in [1.82, 2.24) is 9.78 Å². The van der Waals surface area contributed by atoms with Gasteiger partial charge in [-0.1, -0.05) is 23.8 Å². The molecule has 21 heavy (non-hydrogen) atoms. The number of carbonyl (C=O) groups excluding carboxylic acids is 1. The summed E-state index contributed by atoms with van der Waals surface area (Å²) >= 11 is 10.7. The van der Waals surface area contributed by atoms with Crippen molar-refractivity contribution in [3.8, 4) is 5.75 Å². The predicted molar refractivity (Wildman–Crippen MR) is 84.7 cm³/mol. The molecule has 2 rings (SSSR count). The average molecular weight is 325 g/mol. The zero-order valence-electron chi connectivity index (χ0n) is 11.2. The zero-order chi connectivity index (χ0) is 15.4. The first-order valence-corrected chi connectivity index (χ1v) is 6.76. The topological polar surface area (TPSA) is 82.2 Å². The third-order valence-corrected chi connectivity index (χ3v) is 3.12. The molecule has 0 aliphatic heterocycles. The van der Waals surface area contributed by atoms with Crippen molar-refractivity contribution in [3.05, 3.63) is 41.0 Å². The number of thiocarbonyl (C=S) groups is 1. The number of halogens is 1. The minimum atomic E-state index is -0.342. The van der Waals surface area contributed by atoms with Gasteiger partial charge in [0.25, 0.3) is 5.91 Å². The van der Waals surface area contributed by atoms with Crippen LogP contribution in [-0.2, 0) is 11.8 Å². The lowest BCUT2D eigenvalue weighted by Crippen LogP contribution is -2.23. The highest BCUT2D eigenvalue weighted by Crippen LogP contribution is 2.16. The number of anilines is 1. The number of nitrogens with two attached hydrogens (primary N) is 1. The number of carbonyl (C=O) groups is 1. The highest BCUT2D eigenvalue weighted by Gasteiger charge is 2.14. The maximum absolute atomic E-state index is 11.9. The highest BCUT2D eigenvalue weighted by molar-refractivity contribution is 7.80. The second-order valence-corrected chi connectivity index (χ2v) is 5.06. The van der Waals surface area contributed by atoms with E-state index < -0.39 is 0 Å². The number of benzene rings is 1. The van der Waals surface area contributed by atoms with E-state index in [1.54, 1.807) is 31.3 Å². The molecule has 8 heteroatoms. The van der Waals surface area contributed by atoms with Gasteiger partial charge in [0.05, 0.1) is 11.8 Å². The fraction of sp³-hybridized carbons (Fsp3) is 0.154. The third-order valence-electron chi connectivity index (χ3n) is 2.65. The van der Waals surface area contributed by atoms with Crippen molar-refractivity contribution >= 4 is 40.5 Å². The Hall–Kier alpha value is -2.12. The summed E-state index contributed by atoms with van der Waals surface area (Å²) in [6.45, 7) is -0.149. The molecule has 110 valence electrons. The fourth-order valence-electron chi connectivity index (χ4n) is 1.61. The van der Waals surface area contributed by atoms with E-state index in [2.05, 4.69) is 10.4 Å². The number of aryl methyl sites for hydroxylation is 1. The van der Waals surface area contributed by atoms with Gasteiger partial charge in [0.15, 0.2) is 6.61 Å². The summed E-state index contributed by atoms with van der Waals surface area (Å²) in [5.74, 6) is 0.646. The second kappa shape index (κ2) is 6.55. The molecule has 0 unspecified atom stereocenters. The number of ether oxygens (including phenoxy) is 1. The molecule has 1 aromatic carbocycles. The van der Waals surface area contributed by atoms with Crippen LogP contribution in [0.3, 0.4) is 0 Å². The first kappa shape index (κ1) is 15.3. The van der Waals surface area contributed by atoms with Gasteiger partial charge in [-0.25, -0.2) is 0 Å². The number of hydrogen-bond acceptors (Lipinski definition) is 4. The van der Waals surface area contributed by atoms with Crippen molar-refractivity contribution in [2.24, 2.45) is 12.8 Å². The lowest BCUT2D eigenvalue weighted by molar-refractivity contribution is -0.118. The third kappa shape index (κ3) is 3.93. The first-order valence-electron chi connectivity index (χ1n) is 5.97. The van der Waals surface area contributed by atoms with E-state index in [1.165, 1.54) is 10.9 Å². The van der Waals surface area contributed by atoms with E-state index >= 15 is 0 Å². The van der Waals surface area contributed by atoms with Crippen molar-refractivity contribution in [2.75, 3.05) is 11.9 Å². The van der Waals surface area contributed by atoms with Gasteiger partial charge >= 0.3 is 0 Å². The SMILES string of the molecule is Cn1ncc(C(N)=S)c1NC(=O)COc1ccc(Cl)cc1. The predicted octanol–water partition coefficient (Wildman–Crippen LogP) is 1.73. The molecule has 0 saturated heterocycles. The molecule has 6 nitrogen and oxygen atoms in total. The molecule has 0 fully saturated rings. The number of rotatable bonds is 5. The molecular weight excluding hydrogens is 312 g/mol. The van der Waals surface area contributed by atoms with Gasteiger partial charge in [-0.2, -0.15) is 5.10 Å². The number of nitrogens with zero attached hydrogens (tertiary/aromatic N) is 2. The van der Waals surface area contributed by atoms with E-state index in [0.29, 0.717) is 22.2 Å². The van der Waals surface area contributed by atoms with Gasteiger partial charge in [0.1, 0.15) is 16.6 Å². The molecule has 1 amide bonds. The Morgan fingerprint density at radius 1 is 1.48 bits per heavy atom. The molecule has 0 bridgehead atoms. The molecule has 0 saturated carbocycles. The number of hydrogen-bond donors (Lipinski definition) is 2. The molecule has 0 atom stereocenters. The van der Waals surface area contributed by atoms with Crippen LogP contribution in [0.25, 0.3) is 0 Å². The van der Waals surface area contributed by atoms with Crippen LogP contribution < -0.4 is 15.8 Å². The minimum Gasteiger partial charge on any atom is -0.484 e. The van der Waals surface area contributed by atoms with Crippen LogP contribution in [0, 0.1) is 0 Å². The van der Waals surface area contributed by atoms with Crippen LogP contribution in [0.15, 0.2) is 30.5 Å². The summed E-state index contributed by atoms with van der Waals surface area (Å²) in [6.07, 6.45) is 1.50. The van der Waals surface area contributed by atoms with Crippen LogP contribution in [-0.4, -0.2) is 27.3 Å². The summed E-state index contributed by atoms with van der Waals surface area (Å²) in [4.78, 5) is 12.1. The number of amides is 1. The summed E-state index contributed by atoms with van der Waals surface area (Å²) in [5, 5.41) is 7.26. The van der Waals surface area contributed by atoms with Crippen molar-refractivity contribution in [1.29, 1.82) is 0 Å². The Labute approximate surface area is 131 Å². The van der Waals surface area contributed by atoms with Gasteiger partial charge in [-0.15, -0.1) is 0 Å². The van der Waals surface area contributed by atoms with Gasteiger partial charge in [0, 0.05) is 12.1 Å². The van der Waals surface area contributed by atoms with Crippen LogP contribution in [0.5, 0.6) is 5.75 Å². The molecule has 1 heterocycles. The lowest BCUT2D eigenvalue weighted by atomic mass is 10.3. The van der Waals surface area contributed by atoms with E-state index in [4.69, 9.17) is 34.3 Å². The monoisotopic (exact) mass is 324 g/mol. The molecule has 0 aliphatic rings. The quantitative estimate of drug-likeness (QED) is 0.818. The van der Waals surface area contributed by atoms with E-state index in [1.807, 2.05) is 0 Å². The highest BCUT2D eigenvalue weighted by atomic mass is 35.5. The first-order chi connectivity index (χ1) is 9.97. The van der Waals surface area contributed by atoms with Crippen LogP contribution in [0.2, 0.25) is 5.02 Å². The summed E-state index contributed by atoms with van der Waals surface area (Å²) in [5.41, 5.74) is 6.07. The Bertz CT molecular complexity index is 669. The van der Waals surface area contributed by atoms with Crippen molar-refractivity contribution in [3.63, 3.8) is 0 Å². The Morgan fingerprint density at radius 3 is 2.76 bits per heavy atom. The molecule has 1 aromatic heterocycles. The maximum atomic E-state index is 11.9. The number of nitrogens with one attached hydrogen (secondary N) is 1. The molecule has 2 aromatic rings. The Balaban J connectivity index is 1.97. The molecule has 3 N–H and O–H groups in total. The van der Waals surface area contributed by atoms with Crippen LogP contribution in [0.4, 0.5) is 5.82 Å². The lowest BCUT2D eigenvalue weighted by Gasteiger charge is -2.09. The summed E-state index contributed by atoms with van der Waals surface area (Å²) in [6, 6.07) is 6.72. The molecule has 0 radical (unpaired) electrons. The second-order valence-electron chi connectivity index (χ2n) is 4.19. The van der Waals surface area contributed by atoms with E-state index in [-0.39, 0.29) is 17.5 Å². The normalized spacial score (nSPS) is 10.2. The van der Waals surface area contributed by atoms with Crippen LogP contribution in [0.1, 0.15) is 5.56 Å². The zero-order valence-corrected chi connectivity index (χ0v) is 12.7.